The summed E-state index contributed by atoms with van der Waals surface area (Å²) in [5.74, 6) is -0.312. The van der Waals surface area contributed by atoms with Crippen molar-refractivity contribution in [3.05, 3.63) is 72.4 Å². The number of aliphatic hydroxyl groups excluding tert-OH is 1. The van der Waals surface area contributed by atoms with Crippen LogP contribution in [0.5, 0.6) is 0 Å². The maximum absolute atomic E-state index is 13.9. The number of aliphatic hydroxyl groups is 1. The molecule has 2 aliphatic rings. The zero-order valence-electron chi connectivity index (χ0n) is 16.5. The van der Waals surface area contributed by atoms with Crippen LogP contribution in [0.2, 0.25) is 0 Å². The van der Waals surface area contributed by atoms with E-state index < -0.39 is 6.23 Å². The van der Waals surface area contributed by atoms with E-state index in [2.05, 4.69) is 21.0 Å². The van der Waals surface area contributed by atoms with Gasteiger partial charge < -0.3 is 10.4 Å². The zero-order chi connectivity index (χ0) is 20.9. The van der Waals surface area contributed by atoms with E-state index in [1.54, 1.807) is 53.9 Å². The molecule has 1 amide bonds. The Bertz CT molecular complexity index is 886. The summed E-state index contributed by atoms with van der Waals surface area (Å²) >= 11 is 0. The molecule has 30 heavy (non-hydrogen) atoms. The van der Waals surface area contributed by atoms with Gasteiger partial charge in [-0.25, -0.2) is 9.82 Å². The number of anilines is 1. The number of halogens is 1. The topological polar surface area (TPSA) is 89.5 Å². The second-order valence-electron chi connectivity index (χ2n) is 7.70. The number of nitrogens with zero attached hydrogens (tertiary/aromatic N) is 2. The summed E-state index contributed by atoms with van der Waals surface area (Å²) in [5, 5.41) is 18.4. The number of benzene rings is 1. The van der Waals surface area contributed by atoms with Gasteiger partial charge in [0.15, 0.2) is 0 Å². The number of carbonyl (C=O) groups is 1. The van der Waals surface area contributed by atoms with Crippen LogP contribution in [0.15, 0.2) is 61.1 Å². The van der Waals surface area contributed by atoms with Gasteiger partial charge in [0.2, 0.25) is 0 Å². The number of aromatic nitrogens is 1. The number of hydrogen-bond acceptors (Lipinski definition) is 6. The third-order valence-electron chi connectivity index (χ3n) is 5.66. The first-order valence-corrected chi connectivity index (χ1v) is 10.2. The fourth-order valence-electron chi connectivity index (χ4n) is 3.97. The predicted octanol–water partition coefficient (Wildman–Crippen LogP) is 2.28. The normalized spacial score (nSPS) is 24.6. The van der Waals surface area contributed by atoms with E-state index in [0.29, 0.717) is 11.3 Å². The lowest BCUT2D eigenvalue weighted by Crippen LogP contribution is -2.51. The van der Waals surface area contributed by atoms with Crippen molar-refractivity contribution in [3.63, 3.8) is 0 Å². The average Bonchev–Trinajstić information content (AvgIpc) is 3.23. The van der Waals surface area contributed by atoms with Gasteiger partial charge in [0.1, 0.15) is 12.0 Å². The molecule has 2 atom stereocenters. The lowest BCUT2D eigenvalue weighted by atomic mass is 9.84. The lowest BCUT2D eigenvalue weighted by molar-refractivity contribution is 0.0417. The third-order valence-corrected chi connectivity index (χ3v) is 5.66. The summed E-state index contributed by atoms with van der Waals surface area (Å²) in [6, 6.07) is 10.0. The Morgan fingerprint density at radius 2 is 1.90 bits per heavy atom. The van der Waals surface area contributed by atoms with Crippen LogP contribution < -0.4 is 21.1 Å². The first-order chi connectivity index (χ1) is 14.6. The van der Waals surface area contributed by atoms with Gasteiger partial charge in [0, 0.05) is 30.2 Å². The molecule has 7 nitrogen and oxygen atoms in total. The Hall–Kier alpha value is -2.81. The highest BCUT2D eigenvalue weighted by Gasteiger charge is 2.29. The van der Waals surface area contributed by atoms with Crippen LogP contribution in [-0.2, 0) is 0 Å². The van der Waals surface area contributed by atoms with Crippen LogP contribution in [0.4, 0.5) is 10.1 Å². The molecule has 2 unspecified atom stereocenters. The average molecular weight is 411 g/mol. The van der Waals surface area contributed by atoms with E-state index in [4.69, 9.17) is 0 Å². The maximum Gasteiger partial charge on any atom is 0.251 e. The van der Waals surface area contributed by atoms with Crippen LogP contribution >= 0.6 is 0 Å². The standard InChI is InChI=1S/C22H26FN5O2/c23-18-3-1-2-4-19(18)28-14-11-20(27-28)26-22(30)15-5-7-17(8-6-15)25-21(29)16-9-12-24-13-10-16/h1-4,9-15,17,20,22,26-27,30H,5-8H2,(H,25,29)/t15-,17+,20?,22?. The van der Waals surface area contributed by atoms with Crippen molar-refractivity contribution in [1.29, 1.82) is 0 Å². The minimum absolute atomic E-state index is 0.0898. The van der Waals surface area contributed by atoms with Gasteiger partial charge in [-0.2, -0.15) is 0 Å². The second-order valence-corrected chi connectivity index (χ2v) is 7.70. The molecule has 4 rings (SSSR count). The van der Waals surface area contributed by atoms with Crippen molar-refractivity contribution >= 4 is 11.6 Å². The van der Waals surface area contributed by atoms with Crippen LogP contribution in [0, 0.1) is 11.7 Å². The SMILES string of the molecule is O=C(N[C@H]1CC[C@@H](C(O)NC2C=CN(c3ccccc3F)N2)CC1)c1ccncc1. The highest BCUT2D eigenvalue weighted by molar-refractivity contribution is 5.94. The number of nitrogens with one attached hydrogen (secondary N) is 3. The summed E-state index contributed by atoms with van der Waals surface area (Å²) in [5.41, 5.74) is 4.15. The summed E-state index contributed by atoms with van der Waals surface area (Å²) in [6.45, 7) is 0. The smallest absolute Gasteiger partial charge is 0.251 e. The molecule has 1 fully saturated rings. The van der Waals surface area contributed by atoms with Crippen molar-refractivity contribution in [2.75, 3.05) is 5.01 Å². The van der Waals surface area contributed by atoms with Crippen molar-refractivity contribution < 1.29 is 14.3 Å². The van der Waals surface area contributed by atoms with Gasteiger partial charge in [0.25, 0.3) is 5.91 Å². The Balaban J connectivity index is 1.22. The van der Waals surface area contributed by atoms with E-state index in [9.17, 15) is 14.3 Å². The highest BCUT2D eigenvalue weighted by atomic mass is 19.1. The number of rotatable bonds is 6. The molecule has 4 N–H and O–H groups in total. The molecule has 0 saturated heterocycles. The molecule has 1 aliphatic heterocycles. The van der Waals surface area contributed by atoms with Gasteiger partial charge in [-0.05, 0) is 61.9 Å². The van der Waals surface area contributed by atoms with Gasteiger partial charge in [-0.1, -0.05) is 12.1 Å². The third kappa shape index (κ3) is 4.84. The molecular weight excluding hydrogens is 385 g/mol. The number of carbonyl (C=O) groups excluding carboxylic acids is 1. The summed E-state index contributed by atoms with van der Waals surface area (Å²) < 4.78 is 13.9. The first-order valence-electron chi connectivity index (χ1n) is 10.2. The largest absolute Gasteiger partial charge is 0.378 e. The zero-order valence-corrected chi connectivity index (χ0v) is 16.5. The van der Waals surface area contributed by atoms with E-state index >= 15 is 0 Å². The Morgan fingerprint density at radius 1 is 1.17 bits per heavy atom. The fraction of sp³-hybridized carbons (Fsp3) is 0.364. The summed E-state index contributed by atoms with van der Waals surface area (Å²) in [6.07, 6.45) is 9.06. The number of amides is 1. The Labute approximate surface area is 175 Å². The molecule has 158 valence electrons. The van der Waals surface area contributed by atoms with E-state index in [0.717, 1.165) is 25.7 Å². The van der Waals surface area contributed by atoms with Gasteiger partial charge in [0.05, 0.1) is 11.9 Å². The molecule has 1 saturated carbocycles. The molecule has 2 aromatic rings. The minimum atomic E-state index is -0.690. The van der Waals surface area contributed by atoms with E-state index in [-0.39, 0.29) is 29.8 Å². The van der Waals surface area contributed by atoms with Crippen molar-refractivity contribution in [2.24, 2.45) is 5.92 Å². The van der Waals surface area contributed by atoms with Crippen LogP contribution in [0.1, 0.15) is 36.0 Å². The molecule has 1 aromatic carbocycles. The van der Waals surface area contributed by atoms with Crippen LogP contribution in [-0.4, -0.2) is 34.4 Å². The Morgan fingerprint density at radius 3 is 2.63 bits per heavy atom. The molecular formula is C22H26FN5O2. The van der Waals surface area contributed by atoms with Crippen molar-refractivity contribution in [3.8, 4) is 0 Å². The summed E-state index contributed by atoms with van der Waals surface area (Å²) in [7, 11) is 0. The number of para-hydroxylation sites is 1. The molecule has 1 aromatic heterocycles. The van der Waals surface area contributed by atoms with E-state index in [1.807, 2.05) is 6.08 Å². The Kier molecular flexibility index (Phi) is 6.37. The van der Waals surface area contributed by atoms with Gasteiger partial charge in [-0.15, -0.1) is 0 Å². The van der Waals surface area contributed by atoms with Crippen LogP contribution in [0.3, 0.4) is 0 Å². The van der Waals surface area contributed by atoms with Gasteiger partial charge >= 0.3 is 0 Å². The molecule has 2 heterocycles. The monoisotopic (exact) mass is 411 g/mol. The van der Waals surface area contributed by atoms with Crippen LogP contribution in [0.25, 0.3) is 0 Å². The molecule has 0 radical (unpaired) electrons. The molecule has 0 spiro atoms. The predicted molar refractivity (Wildman–Crippen MR) is 112 cm³/mol. The van der Waals surface area contributed by atoms with Gasteiger partial charge in [-0.3, -0.25) is 20.1 Å². The lowest BCUT2D eigenvalue weighted by Gasteiger charge is -2.33. The number of hydrazine groups is 1. The molecule has 0 bridgehead atoms. The maximum atomic E-state index is 13.9. The number of hydrogen-bond donors (Lipinski definition) is 4. The number of pyridine rings is 1. The minimum Gasteiger partial charge on any atom is -0.378 e. The van der Waals surface area contributed by atoms with E-state index in [1.165, 1.54) is 6.07 Å². The summed E-state index contributed by atoms with van der Waals surface area (Å²) in [4.78, 5) is 16.2. The quantitative estimate of drug-likeness (QED) is 0.546. The first kappa shape index (κ1) is 20.5. The van der Waals surface area contributed by atoms with Crippen molar-refractivity contribution in [1.82, 2.24) is 21.0 Å². The van der Waals surface area contributed by atoms with Crippen molar-refractivity contribution in [2.45, 2.75) is 44.1 Å². The highest BCUT2D eigenvalue weighted by Crippen LogP contribution is 2.27. The molecule has 8 heteroatoms. The second kappa shape index (κ2) is 9.34. The fourth-order valence-corrected chi connectivity index (χ4v) is 3.97. The molecule has 1 aliphatic carbocycles.